The van der Waals surface area contributed by atoms with E-state index in [9.17, 15) is 0 Å². The lowest BCUT2D eigenvalue weighted by molar-refractivity contribution is 0.147. The van der Waals surface area contributed by atoms with Crippen LogP contribution < -0.4 is 4.74 Å². The third-order valence-corrected chi connectivity index (χ3v) is 5.66. The predicted octanol–water partition coefficient (Wildman–Crippen LogP) is 4.02. The minimum absolute atomic E-state index is 0.781. The number of ether oxygens (including phenoxy) is 1. The van der Waals surface area contributed by atoms with Gasteiger partial charge in [0.2, 0.25) is 0 Å². The highest BCUT2D eigenvalue weighted by molar-refractivity contribution is 5.39. The predicted molar refractivity (Wildman–Crippen MR) is 101 cm³/mol. The molecule has 3 nitrogen and oxygen atoms in total. The van der Waals surface area contributed by atoms with Crippen LogP contribution in [0.1, 0.15) is 49.7 Å². The second-order valence-electron chi connectivity index (χ2n) is 7.62. The van der Waals surface area contributed by atoms with Crippen LogP contribution in [0.2, 0.25) is 0 Å². The van der Waals surface area contributed by atoms with Gasteiger partial charge in [0.05, 0.1) is 6.61 Å². The van der Waals surface area contributed by atoms with Crippen molar-refractivity contribution in [3.63, 3.8) is 0 Å². The minimum atomic E-state index is 0.781. The van der Waals surface area contributed by atoms with Crippen molar-refractivity contribution in [2.24, 2.45) is 0 Å². The molecule has 2 heterocycles. The quantitative estimate of drug-likeness (QED) is 0.702. The van der Waals surface area contributed by atoms with Gasteiger partial charge in [-0.1, -0.05) is 24.6 Å². The van der Waals surface area contributed by atoms with Crippen molar-refractivity contribution in [1.29, 1.82) is 0 Å². The van der Waals surface area contributed by atoms with E-state index in [2.05, 4.69) is 41.8 Å². The van der Waals surface area contributed by atoms with Crippen LogP contribution in [0, 0.1) is 13.8 Å². The third-order valence-electron chi connectivity index (χ3n) is 5.66. The molecule has 1 atom stereocenters. The number of rotatable bonds is 7. The number of nitrogens with zero attached hydrogens (tertiary/aromatic N) is 2. The first-order chi connectivity index (χ1) is 11.7. The summed E-state index contributed by atoms with van der Waals surface area (Å²) in [5.41, 5.74) is 2.50. The average Bonchev–Trinajstić information content (AvgIpc) is 3.02. The van der Waals surface area contributed by atoms with Crippen LogP contribution in [0.5, 0.6) is 5.75 Å². The van der Waals surface area contributed by atoms with Gasteiger partial charge in [0.1, 0.15) is 5.75 Å². The molecule has 0 amide bonds. The van der Waals surface area contributed by atoms with E-state index < -0.39 is 0 Å². The molecular weight excluding hydrogens is 296 g/mol. The molecule has 1 aromatic rings. The summed E-state index contributed by atoms with van der Waals surface area (Å²) in [6, 6.07) is 7.16. The zero-order valence-corrected chi connectivity index (χ0v) is 15.6. The van der Waals surface area contributed by atoms with E-state index in [1.807, 2.05) is 0 Å². The van der Waals surface area contributed by atoms with E-state index in [4.69, 9.17) is 4.74 Å². The van der Waals surface area contributed by atoms with E-state index in [-0.39, 0.29) is 0 Å². The molecule has 3 heteroatoms. The summed E-state index contributed by atoms with van der Waals surface area (Å²) in [5.74, 6) is 1.09. The number of piperidine rings is 1. The van der Waals surface area contributed by atoms with Crippen molar-refractivity contribution in [2.45, 2.75) is 58.4 Å². The lowest BCUT2D eigenvalue weighted by Gasteiger charge is -2.33. The Hall–Kier alpha value is -1.06. The lowest BCUT2D eigenvalue weighted by atomic mass is 10.1. The van der Waals surface area contributed by atoms with Gasteiger partial charge in [0.15, 0.2) is 0 Å². The van der Waals surface area contributed by atoms with E-state index in [1.54, 1.807) is 0 Å². The van der Waals surface area contributed by atoms with Crippen molar-refractivity contribution < 1.29 is 4.74 Å². The molecule has 0 spiro atoms. The Labute approximate surface area is 148 Å². The van der Waals surface area contributed by atoms with Crippen LogP contribution in [0.15, 0.2) is 18.2 Å². The highest BCUT2D eigenvalue weighted by atomic mass is 16.5. The van der Waals surface area contributed by atoms with Crippen LogP contribution in [0.25, 0.3) is 0 Å². The van der Waals surface area contributed by atoms with E-state index in [1.165, 1.54) is 76.0 Å². The fourth-order valence-corrected chi connectivity index (χ4v) is 4.31. The van der Waals surface area contributed by atoms with Gasteiger partial charge in [-0.2, -0.15) is 0 Å². The maximum atomic E-state index is 6.08. The molecule has 0 bridgehead atoms. The van der Waals surface area contributed by atoms with Crippen molar-refractivity contribution in [3.05, 3.63) is 29.3 Å². The van der Waals surface area contributed by atoms with Crippen LogP contribution in [0.3, 0.4) is 0 Å². The summed E-state index contributed by atoms with van der Waals surface area (Å²) in [6.07, 6.45) is 8.11. The molecule has 1 unspecified atom stereocenters. The summed E-state index contributed by atoms with van der Waals surface area (Å²) in [7, 11) is 0. The van der Waals surface area contributed by atoms with Gasteiger partial charge < -0.3 is 9.64 Å². The first kappa shape index (κ1) is 17.8. The molecule has 1 aromatic carbocycles. The standard InChI is InChI=1S/C21H34N2O/c1-18-9-6-10-19(2)21(18)24-16-8-15-23-14-7-11-20(23)17-22-12-4-3-5-13-22/h6,9-10,20H,3-5,7-8,11-17H2,1-2H3. The molecular formula is C21H34N2O. The van der Waals surface area contributed by atoms with E-state index >= 15 is 0 Å². The number of hydrogen-bond donors (Lipinski definition) is 0. The minimum Gasteiger partial charge on any atom is -0.493 e. The summed E-state index contributed by atoms with van der Waals surface area (Å²) in [5, 5.41) is 0. The average molecular weight is 331 g/mol. The van der Waals surface area contributed by atoms with Crippen molar-refractivity contribution in [2.75, 3.05) is 39.3 Å². The molecule has 2 fully saturated rings. The second kappa shape index (κ2) is 8.87. The molecule has 0 aromatic heterocycles. The van der Waals surface area contributed by atoms with Gasteiger partial charge in [0.25, 0.3) is 0 Å². The van der Waals surface area contributed by atoms with Crippen LogP contribution >= 0.6 is 0 Å². The van der Waals surface area contributed by atoms with E-state index in [0.717, 1.165) is 24.8 Å². The first-order valence-corrected chi connectivity index (χ1v) is 9.89. The Morgan fingerprint density at radius 1 is 1.00 bits per heavy atom. The topological polar surface area (TPSA) is 15.7 Å². The molecule has 2 aliphatic heterocycles. The highest BCUT2D eigenvalue weighted by Gasteiger charge is 2.26. The molecule has 2 aliphatic rings. The maximum absolute atomic E-state index is 6.08. The SMILES string of the molecule is Cc1cccc(C)c1OCCCN1CCCC1CN1CCCCC1. The fourth-order valence-electron chi connectivity index (χ4n) is 4.31. The number of benzene rings is 1. The van der Waals surface area contributed by atoms with Gasteiger partial charge in [0, 0.05) is 19.1 Å². The first-order valence-electron chi connectivity index (χ1n) is 9.89. The van der Waals surface area contributed by atoms with Gasteiger partial charge in [-0.15, -0.1) is 0 Å². The van der Waals surface area contributed by atoms with Gasteiger partial charge in [-0.25, -0.2) is 0 Å². The molecule has 0 saturated carbocycles. The molecule has 2 saturated heterocycles. The number of aryl methyl sites for hydroxylation is 2. The molecule has 0 N–H and O–H groups in total. The van der Waals surface area contributed by atoms with Gasteiger partial charge in [-0.05, 0) is 76.7 Å². The van der Waals surface area contributed by atoms with Crippen LogP contribution in [0.4, 0.5) is 0 Å². The van der Waals surface area contributed by atoms with Crippen molar-refractivity contribution in [1.82, 2.24) is 9.80 Å². The van der Waals surface area contributed by atoms with Crippen LogP contribution in [-0.4, -0.2) is 55.2 Å². The third kappa shape index (κ3) is 4.73. The smallest absolute Gasteiger partial charge is 0.125 e. The molecule has 24 heavy (non-hydrogen) atoms. The van der Waals surface area contributed by atoms with Crippen molar-refractivity contribution in [3.8, 4) is 5.75 Å². The molecule has 3 rings (SSSR count). The second-order valence-corrected chi connectivity index (χ2v) is 7.62. The summed E-state index contributed by atoms with van der Waals surface area (Å²) in [6.45, 7) is 11.5. The molecule has 0 aliphatic carbocycles. The Morgan fingerprint density at radius 3 is 2.50 bits per heavy atom. The van der Waals surface area contributed by atoms with E-state index in [0.29, 0.717) is 0 Å². The normalized spacial score (nSPS) is 22.8. The highest BCUT2D eigenvalue weighted by Crippen LogP contribution is 2.23. The molecule has 0 radical (unpaired) electrons. The fraction of sp³-hybridized carbons (Fsp3) is 0.714. The van der Waals surface area contributed by atoms with Crippen molar-refractivity contribution >= 4 is 0 Å². The Bertz CT molecular complexity index is 490. The number of para-hydroxylation sites is 1. The monoisotopic (exact) mass is 330 g/mol. The Balaban J connectivity index is 1.40. The Kier molecular flexibility index (Phi) is 6.56. The largest absolute Gasteiger partial charge is 0.493 e. The molecule has 134 valence electrons. The lowest BCUT2D eigenvalue weighted by Crippen LogP contribution is -2.42. The van der Waals surface area contributed by atoms with Gasteiger partial charge in [-0.3, -0.25) is 4.90 Å². The number of hydrogen-bond acceptors (Lipinski definition) is 3. The zero-order valence-electron chi connectivity index (χ0n) is 15.6. The zero-order chi connectivity index (χ0) is 16.8. The summed E-state index contributed by atoms with van der Waals surface area (Å²) in [4.78, 5) is 5.41. The maximum Gasteiger partial charge on any atom is 0.125 e. The Morgan fingerprint density at radius 2 is 1.75 bits per heavy atom. The van der Waals surface area contributed by atoms with Crippen LogP contribution in [-0.2, 0) is 0 Å². The summed E-state index contributed by atoms with van der Waals surface area (Å²) >= 11 is 0. The van der Waals surface area contributed by atoms with Gasteiger partial charge >= 0.3 is 0 Å². The summed E-state index contributed by atoms with van der Waals surface area (Å²) < 4.78 is 6.08. The number of likely N-dealkylation sites (tertiary alicyclic amines) is 2.